The standard InChI is InChI=1S/C16H18N2O/c1-16(2,3)14-8-5-13(6-9-14)7-10-15(19)18-12-4-11-17-18/h4-12H,1-3H3/b10-7+. The van der Waals surface area contributed by atoms with Gasteiger partial charge in [0.15, 0.2) is 0 Å². The highest BCUT2D eigenvalue weighted by Crippen LogP contribution is 2.22. The molecular formula is C16H18N2O. The van der Waals surface area contributed by atoms with Crippen LogP contribution in [0.5, 0.6) is 0 Å². The van der Waals surface area contributed by atoms with E-state index >= 15 is 0 Å². The first-order chi connectivity index (χ1) is 8.97. The molecule has 0 aliphatic carbocycles. The summed E-state index contributed by atoms with van der Waals surface area (Å²) in [7, 11) is 0. The number of hydrogen-bond acceptors (Lipinski definition) is 2. The molecule has 3 nitrogen and oxygen atoms in total. The van der Waals surface area contributed by atoms with Gasteiger partial charge in [0.25, 0.3) is 5.91 Å². The predicted molar refractivity (Wildman–Crippen MR) is 77.0 cm³/mol. The minimum absolute atomic E-state index is 0.146. The quantitative estimate of drug-likeness (QED) is 0.768. The topological polar surface area (TPSA) is 34.9 Å². The lowest BCUT2D eigenvalue weighted by molar-refractivity contribution is 0.0955. The Bertz CT molecular complexity index is 572. The second kappa shape index (κ2) is 5.22. The molecule has 0 radical (unpaired) electrons. The summed E-state index contributed by atoms with van der Waals surface area (Å²) < 4.78 is 1.31. The van der Waals surface area contributed by atoms with Crippen LogP contribution in [0.2, 0.25) is 0 Å². The second-order valence-electron chi connectivity index (χ2n) is 5.49. The summed E-state index contributed by atoms with van der Waals surface area (Å²) in [5, 5.41) is 3.89. The normalized spacial score (nSPS) is 11.9. The molecule has 0 saturated carbocycles. The van der Waals surface area contributed by atoms with Crippen LogP contribution >= 0.6 is 0 Å². The molecule has 2 aromatic rings. The van der Waals surface area contributed by atoms with Crippen LogP contribution in [-0.2, 0) is 5.41 Å². The third kappa shape index (κ3) is 3.41. The van der Waals surface area contributed by atoms with E-state index in [1.165, 1.54) is 16.3 Å². The Balaban J connectivity index is 2.10. The van der Waals surface area contributed by atoms with Gasteiger partial charge < -0.3 is 0 Å². The molecule has 98 valence electrons. The first-order valence-corrected chi connectivity index (χ1v) is 6.29. The monoisotopic (exact) mass is 254 g/mol. The zero-order valence-electron chi connectivity index (χ0n) is 11.5. The molecule has 0 atom stereocenters. The van der Waals surface area contributed by atoms with Gasteiger partial charge in [-0.1, -0.05) is 45.0 Å². The van der Waals surface area contributed by atoms with Gasteiger partial charge in [-0.25, -0.2) is 4.68 Å². The molecule has 1 aromatic heterocycles. The number of carbonyl (C=O) groups is 1. The van der Waals surface area contributed by atoms with Crippen molar-refractivity contribution in [2.45, 2.75) is 26.2 Å². The highest BCUT2D eigenvalue weighted by Gasteiger charge is 2.12. The van der Waals surface area contributed by atoms with Gasteiger partial charge in [-0.3, -0.25) is 4.79 Å². The minimum atomic E-state index is -0.148. The van der Waals surface area contributed by atoms with Gasteiger partial charge in [0.2, 0.25) is 0 Å². The lowest BCUT2D eigenvalue weighted by atomic mass is 9.87. The van der Waals surface area contributed by atoms with Crippen LogP contribution in [0.4, 0.5) is 0 Å². The van der Waals surface area contributed by atoms with Crippen molar-refractivity contribution in [3.63, 3.8) is 0 Å². The molecule has 1 aromatic carbocycles. The van der Waals surface area contributed by atoms with Gasteiger partial charge in [-0.15, -0.1) is 0 Å². The van der Waals surface area contributed by atoms with Crippen LogP contribution in [0, 0.1) is 0 Å². The fourth-order valence-electron chi connectivity index (χ4n) is 1.74. The molecule has 1 heterocycles. The Morgan fingerprint density at radius 1 is 1.21 bits per heavy atom. The van der Waals surface area contributed by atoms with Crippen LogP contribution in [0.3, 0.4) is 0 Å². The predicted octanol–water partition coefficient (Wildman–Crippen LogP) is 3.53. The minimum Gasteiger partial charge on any atom is -0.267 e. The van der Waals surface area contributed by atoms with Crippen LogP contribution in [0.25, 0.3) is 6.08 Å². The summed E-state index contributed by atoms with van der Waals surface area (Å²) in [5.74, 6) is -0.148. The van der Waals surface area contributed by atoms with Crippen LogP contribution in [0.1, 0.15) is 36.7 Å². The van der Waals surface area contributed by atoms with Gasteiger partial charge in [0, 0.05) is 18.5 Å². The molecule has 0 unspecified atom stereocenters. The van der Waals surface area contributed by atoms with E-state index in [2.05, 4.69) is 38.0 Å². The van der Waals surface area contributed by atoms with Gasteiger partial charge in [0.1, 0.15) is 0 Å². The van der Waals surface area contributed by atoms with E-state index in [-0.39, 0.29) is 11.3 Å². The molecule has 0 saturated heterocycles. The van der Waals surface area contributed by atoms with Crippen molar-refractivity contribution in [1.29, 1.82) is 0 Å². The van der Waals surface area contributed by atoms with Gasteiger partial charge >= 0.3 is 0 Å². The SMILES string of the molecule is CC(C)(C)c1ccc(/C=C/C(=O)n2cccn2)cc1. The highest BCUT2D eigenvalue weighted by molar-refractivity contribution is 5.92. The molecule has 3 heteroatoms. The van der Waals surface area contributed by atoms with Crippen molar-refractivity contribution < 1.29 is 4.79 Å². The maximum Gasteiger partial charge on any atom is 0.270 e. The lowest BCUT2D eigenvalue weighted by Gasteiger charge is -2.18. The summed E-state index contributed by atoms with van der Waals surface area (Å²) in [6.07, 6.45) is 6.55. The first-order valence-electron chi connectivity index (χ1n) is 6.29. The largest absolute Gasteiger partial charge is 0.270 e. The summed E-state index contributed by atoms with van der Waals surface area (Å²) in [6, 6.07) is 9.96. The van der Waals surface area contributed by atoms with E-state index < -0.39 is 0 Å². The molecule has 0 N–H and O–H groups in total. The van der Waals surface area contributed by atoms with E-state index in [1.807, 2.05) is 12.1 Å². The number of allylic oxidation sites excluding steroid dienone is 1. The maximum atomic E-state index is 11.7. The van der Waals surface area contributed by atoms with Crippen LogP contribution < -0.4 is 0 Å². The lowest BCUT2D eigenvalue weighted by Crippen LogP contribution is -2.10. The Kier molecular flexibility index (Phi) is 3.65. The van der Waals surface area contributed by atoms with Crippen molar-refractivity contribution >= 4 is 12.0 Å². The summed E-state index contributed by atoms with van der Waals surface area (Å²) in [6.45, 7) is 6.54. The number of carbonyl (C=O) groups excluding carboxylic acids is 1. The zero-order valence-corrected chi connectivity index (χ0v) is 11.5. The van der Waals surface area contributed by atoms with E-state index in [4.69, 9.17) is 0 Å². The van der Waals surface area contributed by atoms with Crippen molar-refractivity contribution in [3.05, 3.63) is 59.9 Å². The smallest absolute Gasteiger partial charge is 0.267 e. The molecular weight excluding hydrogens is 236 g/mol. The molecule has 0 fully saturated rings. The highest BCUT2D eigenvalue weighted by atomic mass is 16.2. The third-order valence-corrected chi connectivity index (χ3v) is 2.93. The van der Waals surface area contributed by atoms with Gasteiger partial charge in [-0.2, -0.15) is 5.10 Å². The Hall–Kier alpha value is -2.16. The molecule has 0 spiro atoms. The number of rotatable bonds is 2. The number of benzene rings is 1. The fourth-order valence-corrected chi connectivity index (χ4v) is 1.74. The van der Waals surface area contributed by atoms with Crippen LogP contribution in [0.15, 0.2) is 48.8 Å². The summed E-state index contributed by atoms with van der Waals surface area (Å²) in [5.41, 5.74) is 2.43. The summed E-state index contributed by atoms with van der Waals surface area (Å²) >= 11 is 0. The molecule has 0 aliphatic rings. The molecule has 0 aliphatic heterocycles. The number of hydrogen-bond donors (Lipinski definition) is 0. The third-order valence-electron chi connectivity index (χ3n) is 2.93. The second-order valence-corrected chi connectivity index (χ2v) is 5.49. The molecule has 19 heavy (non-hydrogen) atoms. The maximum absolute atomic E-state index is 11.7. The fraction of sp³-hybridized carbons (Fsp3) is 0.250. The van der Waals surface area contributed by atoms with E-state index in [1.54, 1.807) is 24.5 Å². The van der Waals surface area contributed by atoms with E-state index in [0.29, 0.717) is 0 Å². The van der Waals surface area contributed by atoms with Crippen molar-refractivity contribution in [3.8, 4) is 0 Å². The Morgan fingerprint density at radius 3 is 2.42 bits per heavy atom. The Morgan fingerprint density at radius 2 is 1.89 bits per heavy atom. The van der Waals surface area contributed by atoms with E-state index in [0.717, 1.165) is 5.56 Å². The zero-order chi connectivity index (χ0) is 13.9. The number of nitrogens with zero attached hydrogens (tertiary/aromatic N) is 2. The van der Waals surface area contributed by atoms with Crippen molar-refractivity contribution in [2.75, 3.05) is 0 Å². The van der Waals surface area contributed by atoms with Gasteiger partial charge in [0.05, 0.1) is 0 Å². The van der Waals surface area contributed by atoms with Crippen molar-refractivity contribution in [1.82, 2.24) is 9.78 Å². The molecule has 2 rings (SSSR count). The Labute approximate surface area is 113 Å². The summed E-state index contributed by atoms with van der Waals surface area (Å²) in [4.78, 5) is 11.7. The first kappa shape index (κ1) is 13.3. The molecule has 0 amide bonds. The number of aromatic nitrogens is 2. The van der Waals surface area contributed by atoms with E-state index in [9.17, 15) is 4.79 Å². The van der Waals surface area contributed by atoms with Crippen molar-refractivity contribution in [2.24, 2.45) is 0 Å². The van der Waals surface area contributed by atoms with Crippen LogP contribution in [-0.4, -0.2) is 15.7 Å². The average Bonchev–Trinajstić information content (AvgIpc) is 2.89. The average molecular weight is 254 g/mol. The van der Waals surface area contributed by atoms with Gasteiger partial charge in [-0.05, 0) is 28.7 Å². The molecule has 0 bridgehead atoms.